The lowest BCUT2D eigenvalue weighted by Gasteiger charge is -2.37. The van der Waals surface area contributed by atoms with Gasteiger partial charge in [-0.05, 0) is 74.2 Å². The molecule has 1 amide bonds. The molecule has 0 bridgehead atoms. The Labute approximate surface area is 303 Å². The van der Waals surface area contributed by atoms with Crippen molar-refractivity contribution in [2.45, 2.75) is 38.3 Å². The highest BCUT2D eigenvalue weighted by molar-refractivity contribution is 6.03. The highest BCUT2D eigenvalue weighted by Crippen LogP contribution is 2.46. The Balaban J connectivity index is 1.34. The number of aromatic nitrogens is 3. The van der Waals surface area contributed by atoms with E-state index >= 15 is 0 Å². The number of carbonyl (C=O) groups excluding carboxylic acids is 1. The second-order valence-corrected chi connectivity index (χ2v) is 14.2. The van der Waals surface area contributed by atoms with Crippen molar-refractivity contribution in [3.05, 3.63) is 144 Å². The smallest absolute Gasteiger partial charge is 0.317 e. The summed E-state index contributed by atoms with van der Waals surface area (Å²) in [5.41, 5.74) is 4.97. The summed E-state index contributed by atoms with van der Waals surface area (Å²) in [6, 6.07) is 41.4. The van der Waals surface area contributed by atoms with Crippen molar-refractivity contribution in [1.82, 2.24) is 19.7 Å². The highest BCUT2D eigenvalue weighted by atomic mass is 16.5. The molecule has 2 saturated heterocycles. The van der Waals surface area contributed by atoms with Crippen molar-refractivity contribution < 1.29 is 19.4 Å². The zero-order valence-corrected chi connectivity index (χ0v) is 29.4. The van der Waals surface area contributed by atoms with Crippen LogP contribution < -0.4 is 9.64 Å². The topological polar surface area (TPSA) is 101 Å². The van der Waals surface area contributed by atoms with Gasteiger partial charge in [0.2, 0.25) is 11.8 Å². The number of aliphatic carboxylic acids is 1. The summed E-state index contributed by atoms with van der Waals surface area (Å²) in [6.07, 6.45) is 3.14. The first-order valence-corrected chi connectivity index (χ1v) is 17.9. The lowest BCUT2D eigenvalue weighted by molar-refractivity contribution is -0.138. The van der Waals surface area contributed by atoms with E-state index in [-0.39, 0.29) is 18.6 Å². The van der Waals surface area contributed by atoms with Gasteiger partial charge in [-0.2, -0.15) is 5.10 Å². The number of ether oxygens (including phenoxy) is 1. The number of pyridine rings is 1. The van der Waals surface area contributed by atoms with Gasteiger partial charge in [0.15, 0.2) is 0 Å². The first-order valence-electron chi connectivity index (χ1n) is 17.9. The first kappa shape index (κ1) is 33.3. The van der Waals surface area contributed by atoms with Gasteiger partial charge in [-0.1, -0.05) is 91.0 Å². The number of nitrogens with zero attached hydrogens (tertiary/aromatic N) is 5. The second-order valence-electron chi connectivity index (χ2n) is 14.2. The quantitative estimate of drug-likeness (QED) is 0.151. The summed E-state index contributed by atoms with van der Waals surface area (Å²) in [4.78, 5) is 34.1. The predicted molar refractivity (Wildman–Crippen MR) is 201 cm³/mol. The third-order valence-corrected chi connectivity index (χ3v) is 10.5. The number of amides is 1. The molecule has 2 fully saturated rings. The molecule has 1 atom stereocenters. The van der Waals surface area contributed by atoms with E-state index in [2.05, 4.69) is 94.6 Å². The molecule has 2 aliphatic heterocycles. The third kappa shape index (κ3) is 5.71. The lowest BCUT2D eigenvalue weighted by atomic mass is 9.77. The normalized spacial score (nSPS) is 17.8. The molecule has 52 heavy (non-hydrogen) atoms. The zero-order valence-electron chi connectivity index (χ0n) is 29.4. The number of hydrogen-bond donors (Lipinski definition) is 1. The van der Waals surface area contributed by atoms with E-state index in [1.54, 1.807) is 6.20 Å². The van der Waals surface area contributed by atoms with E-state index in [0.717, 1.165) is 44.5 Å². The standard InChI is InChI=1S/C43H41N5O4/c1-30(2)52-38-21-18-31(27-44-38)40-36-26-35(47-25-23-42(41(47)51)22-24-46(29-42)28-39(49)50)19-20-37(36)48(45-40)43(32-12-6-3-7-13-32,33-14-8-4-9-15-33)34-16-10-5-11-17-34/h3-21,26-27,30H,22-25,28-29H2,1-2H3,(H,49,50). The van der Waals surface area contributed by atoms with Gasteiger partial charge >= 0.3 is 5.97 Å². The van der Waals surface area contributed by atoms with Crippen molar-refractivity contribution in [3.8, 4) is 17.1 Å². The van der Waals surface area contributed by atoms with Crippen LogP contribution in [0.15, 0.2) is 128 Å². The number of carbonyl (C=O) groups is 2. The fraction of sp³-hybridized carbons (Fsp3) is 0.256. The number of carboxylic acid groups (broad SMARTS) is 1. The minimum absolute atomic E-state index is 0.0125. The lowest BCUT2D eigenvalue weighted by Crippen LogP contribution is -2.38. The molecular formula is C43H41N5O4. The minimum Gasteiger partial charge on any atom is -0.480 e. The second kappa shape index (κ2) is 13.4. The Hall–Kier alpha value is -5.80. The molecular weight excluding hydrogens is 651 g/mol. The molecule has 0 radical (unpaired) electrons. The van der Waals surface area contributed by atoms with E-state index in [4.69, 9.17) is 9.84 Å². The van der Waals surface area contributed by atoms with E-state index < -0.39 is 16.9 Å². The van der Waals surface area contributed by atoms with Crippen molar-refractivity contribution in [3.63, 3.8) is 0 Å². The monoisotopic (exact) mass is 691 g/mol. The summed E-state index contributed by atoms with van der Waals surface area (Å²) in [6.45, 7) is 5.53. The van der Waals surface area contributed by atoms with Gasteiger partial charge in [0.05, 0.1) is 23.6 Å². The third-order valence-electron chi connectivity index (χ3n) is 10.5. The number of anilines is 1. The van der Waals surface area contributed by atoms with E-state index in [1.165, 1.54) is 0 Å². The Morgan fingerprint density at radius 2 is 1.46 bits per heavy atom. The minimum atomic E-state index is -0.870. The molecule has 9 nitrogen and oxygen atoms in total. The maximum Gasteiger partial charge on any atom is 0.317 e. The molecule has 2 aromatic heterocycles. The number of hydrogen-bond acceptors (Lipinski definition) is 6. The van der Waals surface area contributed by atoms with E-state index in [1.807, 2.05) is 60.0 Å². The summed E-state index contributed by atoms with van der Waals surface area (Å²) in [7, 11) is 0. The van der Waals surface area contributed by atoms with Crippen LogP contribution in [0.3, 0.4) is 0 Å². The molecule has 1 N–H and O–H groups in total. The largest absolute Gasteiger partial charge is 0.480 e. The zero-order chi connectivity index (χ0) is 35.9. The molecule has 6 aromatic rings. The van der Waals surface area contributed by atoms with Gasteiger partial charge in [0.25, 0.3) is 0 Å². The van der Waals surface area contributed by atoms with Crippen LogP contribution in [-0.2, 0) is 15.1 Å². The van der Waals surface area contributed by atoms with Crippen molar-refractivity contribution in [2.75, 3.05) is 31.1 Å². The van der Waals surface area contributed by atoms with Crippen molar-refractivity contribution in [2.24, 2.45) is 5.41 Å². The van der Waals surface area contributed by atoms with Crippen LogP contribution in [0, 0.1) is 5.41 Å². The van der Waals surface area contributed by atoms with E-state index in [9.17, 15) is 14.7 Å². The Kier molecular flexibility index (Phi) is 8.59. The Morgan fingerprint density at radius 3 is 2.02 bits per heavy atom. The van der Waals surface area contributed by atoms with E-state index in [0.29, 0.717) is 38.4 Å². The van der Waals surface area contributed by atoms with Gasteiger partial charge in [0, 0.05) is 42.0 Å². The summed E-state index contributed by atoms with van der Waals surface area (Å²) in [5, 5.41) is 15.8. The number of rotatable bonds is 10. The van der Waals surface area contributed by atoms with Gasteiger partial charge in [-0.3, -0.25) is 14.5 Å². The molecule has 4 aromatic carbocycles. The molecule has 0 saturated carbocycles. The molecule has 4 heterocycles. The molecule has 9 heteroatoms. The van der Waals surface area contributed by atoms with Crippen molar-refractivity contribution >= 4 is 28.5 Å². The molecule has 2 aliphatic rings. The summed E-state index contributed by atoms with van der Waals surface area (Å²) in [5.74, 6) is -0.278. The van der Waals surface area contributed by atoms with Gasteiger partial charge in [0.1, 0.15) is 11.2 Å². The van der Waals surface area contributed by atoms with Crippen LogP contribution in [0.1, 0.15) is 43.4 Å². The molecule has 1 spiro atoms. The van der Waals surface area contributed by atoms with Crippen LogP contribution >= 0.6 is 0 Å². The SMILES string of the molecule is CC(C)Oc1ccc(-c2nn(C(c3ccccc3)(c3ccccc3)c3ccccc3)c3ccc(N4CCC5(CCN(CC(=O)O)C5)C4=O)cc23)cn1. The number of carboxylic acids is 1. The predicted octanol–water partition coefficient (Wildman–Crippen LogP) is 7.24. The molecule has 1 unspecified atom stereocenters. The average Bonchev–Trinajstić information content (AvgIpc) is 3.85. The average molecular weight is 692 g/mol. The van der Waals surface area contributed by atoms with Crippen LogP contribution in [0.2, 0.25) is 0 Å². The fourth-order valence-corrected chi connectivity index (χ4v) is 8.21. The Morgan fingerprint density at radius 1 is 0.846 bits per heavy atom. The van der Waals surface area contributed by atoms with Crippen LogP contribution in [0.25, 0.3) is 22.2 Å². The maximum absolute atomic E-state index is 14.2. The molecule has 262 valence electrons. The first-order chi connectivity index (χ1) is 25.3. The van der Waals surface area contributed by atoms with Gasteiger partial charge in [-0.15, -0.1) is 0 Å². The van der Waals surface area contributed by atoms with Gasteiger partial charge in [-0.25, -0.2) is 9.67 Å². The molecule has 8 rings (SSSR count). The van der Waals surface area contributed by atoms with Crippen molar-refractivity contribution in [1.29, 1.82) is 0 Å². The van der Waals surface area contributed by atoms with Gasteiger partial charge < -0.3 is 14.7 Å². The van der Waals surface area contributed by atoms with Crippen LogP contribution in [0.4, 0.5) is 5.69 Å². The number of fused-ring (bicyclic) bond motifs is 1. The highest BCUT2D eigenvalue weighted by Gasteiger charge is 2.51. The summed E-state index contributed by atoms with van der Waals surface area (Å²) < 4.78 is 8.01. The number of likely N-dealkylation sites (tertiary alicyclic amines) is 1. The Bertz CT molecular complexity index is 2120. The molecule has 0 aliphatic carbocycles. The van der Waals surface area contributed by atoms with Crippen LogP contribution in [-0.4, -0.2) is 68.9 Å². The van der Waals surface area contributed by atoms with Crippen LogP contribution in [0.5, 0.6) is 5.88 Å². The fourth-order valence-electron chi connectivity index (χ4n) is 8.21. The maximum atomic E-state index is 14.2. The summed E-state index contributed by atoms with van der Waals surface area (Å²) >= 11 is 0. The number of benzene rings is 4.